The van der Waals surface area contributed by atoms with Gasteiger partial charge in [-0.2, -0.15) is 0 Å². The predicted octanol–water partition coefficient (Wildman–Crippen LogP) is -1.97. The van der Waals surface area contributed by atoms with Crippen LogP contribution in [0.15, 0.2) is 0 Å². The molecule has 0 aromatic rings. The van der Waals surface area contributed by atoms with Crippen molar-refractivity contribution in [3.05, 3.63) is 0 Å². The molecule has 1 aliphatic rings. The maximum atomic E-state index is 10.5. The fraction of sp³-hybridized carbons (Fsp3) is 0.875. The first-order valence-corrected chi connectivity index (χ1v) is 4.31. The lowest BCUT2D eigenvalue weighted by atomic mass is 10.0. The summed E-state index contributed by atoms with van der Waals surface area (Å²) in [5.74, 6) is -0.485. The molecule has 6 heteroatoms. The van der Waals surface area contributed by atoms with E-state index in [0.717, 1.165) is 0 Å². The summed E-state index contributed by atoms with van der Waals surface area (Å²) in [6, 6.07) is 0. The number of esters is 1. The number of carbonyl (C=O) groups is 1. The Kier molecular flexibility index (Phi) is 3.82. The van der Waals surface area contributed by atoms with Gasteiger partial charge in [-0.1, -0.05) is 0 Å². The highest BCUT2D eigenvalue weighted by Gasteiger charge is 2.37. The molecule has 0 saturated carbocycles. The van der Waals surface area contributed by atoms with Crippen molar-refractivity contribution in [1.82, 2.24) is 0 Å². The third-order valence-electron chi connectivity index (χ3n) is 2.06. The first-order chi connectivity index (χ1) is 6.52. The van der Waals surface area contributed by atoms with Crippen molar-refractivity contribution in [2.45, 2.75) is 31.3 Å². The second-order valence-corrected chi connectivity index (χ2v) is 3.22. The molecule has 3 N–H and O–H groups in total. The Labute approximate surface area is 81.1 Å². The lowest BCUT2D eigenvalue weighted by Gasteiger charge is -2.34. The van der Waals surface area contributed by atoms with Crippen LogP contribution in [0.5, 0.6) is 0 Å². The Morgan fingerprint density at radius 1 is 1.43 bits per heavy atom. The third kappa shape index (κ3) is 2.65. The van der Waals surface area contributed by atoms with Crippen LogP contribution in [0.25, 0.3) is 0 Å². The SMILES string of the molecule is CC(=O)OC[C@H]1OC[C@@H](O)[C@H](O)[C@@H]1O. The first kappa shape index (κ1) is 11.4. The highest BCUT2D eigenvalue weighted by Crippen LogP contribution is 2.15. The fourth-order valence-corrected chi connectivity index (χ4v) is 1.21. The molecule has 0 aromatic heterocycles. The van der Waals surface area contributed by atoms with E-state index in [1.54, 1.807) is 0 Å². The summed E-state index contributed by atoms with van der Waals surface area (Å²) in [5.41, 5.74) is 0. The van der Waals surface area contributed by atoms with E-state index in [9.17, 15) is 15.0 Å². The van der Waals surface area contributed by atoms with Crippen molar-refractivity contribution < 1.29 is 29.6 Å². The van der Waals surface area contributed by atoms with Crippen molar-refractivity contribution in [3.63, 3.8) is 0 Å². The molecular weight excluding hydrogens is 192 g/mol. The van der Waals surface area contributed by atoms with E-state index in [1.165, 1.54) is 6.92 Å². The van der Waals surface area contributed by atoms with Crippen LogP contribution in [-0.4, -0.2) is 58.9 Å². The molecular formula is C8H14O6. The highest BCUT2D eigenvalue weighted by molar-refractivity contribution is 5.65. The van der Waals surface area contributed by atoms with E-state index >= 15 is 0 Å². The van der Waals surface area contributed by atoms with E-state index in [4.69, 9.17) is 9.84 Å². The molecule has 1 aliphatic heterocycles. The van der Waals surface area contributed by atoms with Crippen molar-refractivity contribution in [2.24, 2.45) is 0 Å². The van der Waals surface area contributed by atoms with Crippen LogP contribution < -0.4 is 0 Å². The largest absolute Gasteiger partial charge is 0.463 e. The van der Waals surface area contributed by atoms with Crippen molar-refractivity contribution in [2.75, 3.05) is 13.2 Å². The van der Waals surface area contributed by atoms with Gasteiger partial charge in [-0.15, -0.1) is 0 Å². The van der Waals surface area contributed by atoms with Gasteiger partial charge in [-0.05, 0) is 0 Å². The van der Waals surface area contributed by atoms with Gasteiger partial charge in [0.05, 0.1) is 6.61 Å². The average molecular weight is 206 g/mol. The zero-order valence-electron chi connectivity index (χ0n) is 7.79. The monoisotopic (exact) mass is 206 g/mol. The Morgan fingerprint density at radius 3 is 2.64 bits per heavy atom. The van der Waals surface area contributed by atoms with Gasteiger partial charge in [0.25, 0.3) is 0 Å². The van der Waals surface area contributed by atoms with Crippen LogP contribution in [0, 0.1) is 0 Å². The summed E-state index contributed by atoms with van der Waals surface area (Å²) in [6.07, 6.45) is -4.38. The van der Waals surface area contributed by atoms with Gasteiger partial charge in [0.15, 0.2) is 0 Å². The molecule has 1 heterocycles. The number of rotatable bonds is 2. The maximum absolute atomic E-state index is 10.5. The molecule has 1 rings (SSSR count). The van der Waals surface area contributed by atoms with Crippen molar-refractivity contribution in [3.8, 4) is 0 Å². The number of ether oxygens (including phenoxy) is 2. The second-order valence-electron chi connectivity index (χ2n) is 3.22. The third-order valence-corrected chi connectivity index (χ3v) is 2.06. The zero-order chi connectivity index (χ0) is 10.7. The van der Waals surface area contributed by atoms with E-state index < -0.39 is 30.4 Å². The number of carbonyl (C=O) groups excluding carboxylic acids is 1. The Balaban J connectivity index is 2.42. The molecule has 1 fully saturated rings. The average Bonchev–Trinajstić information content (AvgIpc) is 2.13. The molecule has 0 radical (unpaired) electrons. The number of hydrogen-bond acceptors (Lipinski definition) is 6. The van der Waals surface area contributed by atoms with Crippen molar-refractivity contribution >= 4 is 5.97 Å². The van der Waals surface area contributed by atoms with E-state index in [2.05, 4.69) is 4.74 Å². The quantitative estimate of drug-likeness (QED) is 0.454. The molecule has 0 unspecified atom stereocenters. The Hall–Kier alpha value is -0.690. The van der Waals surface area contributed by atoms with E-state index in [0.29, 0.717) is 0 Å². The van der Waals surface area contributed by atoms with Gasteiger partial charge in [-0.3, -0.25) is 4.79 Å². The summed E-state index contributed by atoms with van der Waals surface area (Å²) in [6.45, 7) is 1.03. The molecule has 0 amide bonds. The standard InChI is InChI=1S/C8H14O6/c1-4(9)13-3-6-8(12)7(11)5(10)2-14-6/h5-8,10-12H,2-3H2,1H3/t5-,6-,7+,8-/m1/s1. The Bertz CT molecular complexity index is 206. The lowest BCUT2D eigenvalue weighted by molar-refractivity contribution is -0.200. The minimum atomic E-state index is -1.26. The normalized spacial score (nSPS) is 38.0. The minimum Gasteiger partial charge on any atom is -0.463 e. The van der Waals surface area contributed by atoms with Crippen LogP contribution in [0.1, 0.15) is 6.92 Å². The van der Waals surface area contributed by atoms with E-state index in [-0.39, 0.29) is 13.2 Å². The topological polar surface area (TPSA) is 96.2 Å². The van der Waals surface area contributed by atoms with Gasteiger partial charge in [-0.25, -0.2) is 0 Å². The van der Waals surface area contributed by atoms with Gasteiger partial charge in [0, 0.05) is 6.92 Å². The maximum Gasteiger partial charge on any atom is 0.302 e. The fourth-order valence-electron chi connectivity index (χ4n) is 1.21. The van der Waals surface area contributed by atoms with Gasteiger partial charge < -0.3 is 24.8 Å². The summed E-state index contributed by atoms with van der Waals surface area (Å²) in [4.78, 5) is 10.5. The smallest absolute Gasteiger partial charge is 0.302 e. The summed E-state index contributed by atoms with van der Waals surface area (Å²) in [7, 11) is 0. The molecule has 0 aromatic carbocycles. The van der Waals surface area contributed by atoms with Gasteiger partial charge >= 0.3 is 5.97 Å². The van der Waals surface area contributed by atoms with Crippen LogP contribution >= 0.6 is 0 Å². The van der Waals surface area contributed by atoms with Crippen LogP contribution in [0.2, 0.25) is 0 Å². The zero-order valence-corrected chi connectivity index (χ0v) is 7.79. The van der Waals surface area contributed by atoms with Crippen molar-refractivity contribution in [1.29, 1.82) is 0 Å². The van der Waals surface area contributed by atoms with Gasteiger partial charge in [0.1, 0.15) is 31.0 Å². The first-order valence-electron chi connectivity index (χ1n) is 4.31. The van der Waals surface area contributed by atoms with E-state index in [1.807, 2.05) is 0 Å². The van der Waals surface area contributed by atoms with Gasteiger partial charge in [0.2, 0.25) is 0 Å². The molecule has 6 nitrogen and oxygen atoms in total. The van der Waals surface area contributed by atoms with Crippen LogP contribution in [-0.2, 0) is 14.3 Å². The molecule has 0 spiro atoms. The predicted molar refractivity (Wildman–Crippen MR) is 44.4 cm³/mol. The number of aliphatic hydroxyl groups excluding tert-OH is 3. The summed E-state index contributed by atoms with van der Waals surface area (Å²) >= 11 is 0. The van der Waals surface area contributed by atoms with Crippen LogP contribution in [0.3, 0.4) is 0 Å². The molecule has 4 atom stereocenters. The molecule has 1 saturated heterocycles. The summed E-state index contributed by atoms with van der Waals surface area (Å²) < 4.78 is 9.60. The minimum absolute atomic E-state index is 0.0792. The molecule has 0 aliphatic carbocycles. The Morgan fingerprint density at radius 2 is 2.07 bits per heavy atom. The molecule has 82 valence electrons. The lowest BCUT2D eigenvalue weighted by Crippen LogP contribution is -2.54. The molecule has 0 bridgehead atoms. The highest BCUT2D eigenvalue weighted by atomic mass is 16.6. The van der Waals surface area contributed by atoms with Crippen LogP contribution in [0.4, 0.5) is 0 Å². The summed E-state index contributed by atoms with van der Waals surface area (Å²) in [5, 5.41) is 27.8. The molecule has 14 heavy (non-hydrogen) atoms. The number of aliphatic hydroxyl groups is 3. The number of hydrogen-bond donors (Lipinski definition) is 3. The second kappa shape index (κ2) is 4.70.